The predicted octanol–water partition coefficient (Wildman–Crippen LogP) is 1.28. The molecule has 2 aromatic rings. The Morgan fingerprint density at radius 2 is 2.47 bits per heavy atom. The molecule has 5 nitrogen and oxygen atoms in total. The standard InChI is InChI=1S/C9H9N3O2S/c10-8-3-7(6-1-2-15-5-6)11-12(8)4-9(13)14/h1-3,5H,4,10H2,(H,13,14). The van der Waals surface area contributed by atoms with Gasteiger partial charge in [-0.15, -0.1) is 0 Å². The van der Waals surface area contributed by atoms with E-state index in [1.165, 1.54) is 4.68 Å². The lowest BCUT2D eigenvalue weighted by Gasteiger charge is -1.97. The zero-order chi connectivity index (χ0) is 10.8. The number of rotatable bonds is 3. The van der Waals surface area contributed by atoms with Gasteiger partial charge in [0, 0.05) is 17.0 Å². The van der Waals surface area contributed by atoms with Crippen molar-refractivity contribution in [3.63, 3.8) is 0 Å². The molecular formula is C9H9N3O2S. The summed E-state index contributed by atoms with van der Waals surface area (Å²) in [5.41, 5.74) is 7.29. The van der Waals surface area contributed by atoms with E-state index in [2.05, 4.69) is 5.10 Å². The fourth-order valence-corrected chi connectivity index (χ4v) is 1.89. The molecule has 0 saturated carbocycles. The minimum atomic E-state index is -0.957. The average Bonchev–Trinajstić information content (AvgIpc) is 2.75. The van der Waals surface area contributed by atoms with E-state index in [4.69, 9.17) is 10.8 Å². The summed E-state index contributed by atoms with van der Waals surface area (Å²) in [7, 11) is 0. The third-order valence-corrected chi connectivity index (χ3v) is 2.60. The molecule has 0 atom stereocenters. The van der Waals surface area contributed by atoms with Gasteiger partial charge in [-0.05, 0) is 11.4 Å². The molecule has 3 N–H and O–H groups in total. The van der Waals surface area contributed by atoms with E-state index >= 15 is 0 Å². The van der Waals surface area contributed by atoms with E-state index in [0.29, 0.717) is 11.5 Å². The Morgan fingerprint density at radius 3 is 3.07 bits per heavy atom. The van der Waals surface area contributed by atoms with Crippen LogP contribution in [0.5, 0.6) is 0 Å². The smallest absolute Gasteiger partial charge is 0.325 e. The molecule has 2 aromatic heterocycles. The molecule has 0 aliphatic carbocycles. The quantitative estimate of drug-likeness (QED) is 0.821. The molecule has 0 spiro atoms. The van der Waals surface area contributed by atoms with E-state index < -0.39 is 5.97 Å². The number of anilines is 1. The second-order valence-electron chi connectivity index (χ2n) is 3.02. The Labute approximate surface area is 89.8 Å². The SMILES string of the molecule is Nc1cc(-c2ccsc2)nn1CC(=O)O. The highest BCUT2D eigenvalue weighted by Gasteiger charge is 2.09. The van der Waals surface area contributed by atoms with Gasteiger partial charge >= 0.3 is 5.97 Å². The number of aromatic nitrogens is 2. The van der Waals surface area contributed by atoms with E-state index in [9.17, 15) is 4.79 Å². The molecule has 0 bridgehead atoms. The first-order valence-electron chi connectivity index (χ1n) is 4.24. The van der Waals surface area contributed by atoms with Crippen molar-refractivity contribution in [1.82, 2.24) is 9.78 Å². The maximum absolute atomic E-state index is 10.5. The number of carbonyl (C=O) groups is 1. The van der Waals surface area contributed by atoms with Crippen LogP contribution in [0, 0.1) is 0 Å². The Kier molecular flexibility index (Phi) is 2.42. The van der Waals surface area contributed by atoms with Gasteiger partial charge in [0.05, 0.1) is 5.69 Å². The Morgan fingerprint density at radius 1 is 1.67 bits per heavy atom. The number of nitrogens with zero attached hydrogens (tertiary/aromatic N) is 2. The minimum absolute atomic E-state index is 0.212. The van der Waals surface area contributed by atoms with Crippen LogP contribution >= 0.6 is 11.3 Å². The first-order chi connectivity index (χ1) is 7.16. The van der Waals surface area contributed by atoms with Crippen molar-refractivity contribution in [3.8, 4) is 11.3 Å². The van der Waals surface area contributed by atoms with Crippen LogP contribution < -0.4 is 5.73 Å². The fourth-order valence-electron chi connectivity index (χ4n) is 1.24. The first kappa shape index (κ1) is 9.72. The molecule has 2 rings (SSSR count). The van der Waals surface area contributed by atoms with Gasteiger partial charge in [-0.3, -0.25) is 4.79 Å². The largest absolute Gasteiger partial charge is 0.480 e. The number of nitrogens with two attached hydrogens (primary N) is 1. The summed E-state index contributed by atoms with van der Waals surface area (Å²) in [5.74, 6) is -0.597. The number of carboxylic acid groups (broad SMARTS) is 1. The number of hydrogen-bond donors (Lipinski definition) is 2. The number of carboxylic acids is 1. The minimum Gasteiger partial charge on any atom is -0.480 e. The fraction of sp³-hybridized carbons (Fsp3) is 0.111. The van der Waals surface area contributed by atoms with Gasteiger partial charge < -0.3 is 10.8 Å². The summed E-state index contributed by atoms with van der Waals surface area (Å²) in [6.07, 6.45) is 0. The summed E-state index contributed by atoms with van der Waals surface area (Å²) in [6.45, 7) is -0.212. The van der Waals surface area contributed by atoms with Gasteiger partial charge in [0.15, 0.2) is 0 Å². The number of hydrogen-bond acceptors (Lipinski definition) is 4. The number of thiophene rings is 1. The van der Waals surface area contributed by atoms with Crippen molar-refractivity contribution >= 4 is 23.1 Å². The van der Waals surface area contributed by atoms with E-state index in [0.717, 1.165) is 5.56 Å². The van der Waals surface area contributed by atoms with Crippen molar-refractivity contribution in [2.45, 2.75) is 6.54 Å². The van der Waals surface area contributed by atoms with Gasteiger partial charge in [0.1, 0.15) is 12.4 Å². The Hall–Kier alpha value is -1.82. The lowest BCUT2D eigenvalue weighted by Crippen LogP contribution is -2.12. The van der Waals surface area contributed by atoms with Crippen LogP contribution in [0.4, 0.5) is 5.82 Å². The van der Waals surface area contributed by atoms with Crippen molar-refractivity contribution in [3.05, 3.63) is 22.9 Å². The second-order valence-corrected chi connectivity index (χ2v) is 3.80. The maximum atomic E-state index is 10.5. The molecular weight excluding hydrogens is 214 g/mol. The number of nitrogen functional groups attached to an aromatic ring is 1. The van der Waals surface area contributed by atoms with E-state index in [1.807, 2.05) is 16.8 Å². The number of aliphatic carboxylic acids is 1. The third kappa shape index (κ3) is 1.99. The molecule has 0 aromatic carbocycles. The highest BCUT2D eigenvalue weighted by Crippen LogP contribution is 2.22. The van der Waals surface area contributed by atoms with Crippen molar-refractivity contribution in [2.75, 3.05) is 5.73 Å². The monoisotopic (exact) mass is 223 g/mol. The summed E-state index contributed by atoms with van der Waals surface area (Å²) in [6, 6.07) is 3.59. The second kappa shape index (κ2) is 3.74. The summed E-state index contributed by atoms with van der Waals surface area (Å²) >= 11 is 1.56. The molecule has 6 heteroatoms. The van der Waals surface area contributed by atoms with Crippen LogP contribution in [0.25, 0.3) is 11.3 Å². The summed E-state index contributed by atoms with van der Waals surface area (Å²) < 4.78 is 1.27. The zero-order valence-electron chi connectivity index (χ0n) is 7.75. The maximum Gasteiger partial charge on any atom is 0.325 e. The van der Waals surface area contributed by atoms with E-state index in [-0.39, 0.29) is 6.54 Å². The highest BCUT2D eigenvalue weighted by atomic mass is 32.1. The Balaban J connectivity index is 2.33. The molecule has 0 aliphatic heterocycles. The van der Waals surface area contributed by atoms with Gasteiger partial charge in [0.2, 0.25) is 0 Å². The van der Waals surface area contributed by atoms with Gasteiger partial charge in [-0.1, -0.05) is 0 Å². The third-order valence-electron chi connectivity index (χ3n) is 1.91. The van der Waals surface area contributed by atoms with Crippen LogP contribution in [0.3, 0.4) is 0 Å². The van der Waals surface area contributed by atoms with E-state index in [1.54, 1.807) is 17.4 Å². The van der Waals surface area contributed by atoms with Gasteiger partial charge in [-0.25, -0.2) is 4.68 Å². The van der Waals surface area contributed by atoms with Crippen LogP contribution in [0.2, 0.25) is 0 Å². The predicted molar refractivity (Wildman–Crippen MR) is 57.6 cm³/mol. The van der Waals surface area contributed by atoms with Crippen LogP contribution in [0.1, 0.15) is 0 Å². The molecule has 0 fully saturated rings. The first-order valence-corrected chi connectivity index (χ1v) is 5.19. The summed E-state index contributed by atoms with van der Waals surface area (Å²) in [4.78, 5) is 10.5. The van der Waals surface area contributed by atoms with Gasteiger partial charge in [0.25, 0.3) is 0 Å². The lowest BCUT2D eigenvalue weighted by molar-refractivity contribution is -0.137. The normalized spacial score (nSPS) is 10.4. The molecule has 0 amide bonds. The topological polar surface area (TPSA) is 81.1 Å². The average molecular weight is 223 g/mol. The Bertz CT molecular complexity index is 476. The van der Waals surface area contributed by atoms with Crippen molar-refractivity contribution in [1.29, 1.82) is 0 Å². The van der Waals surface area contributed by atoms with Crippen LogP contribution in [-0.2, 0) is 11.3 Å². The molecule has 0 aliphatic rings. The van der Waals surface area contributed by atoms with Crippen molar-refractivity contribution in [2.24, 2.45) is 0 Å². The summed E-state index contributed by atoms with van der Waals surface area (Å²) in [5, 5.41) is 16.6. The van der Waals surface area contributed by atoms with Crippen LogP contribution in [0.15, 0.2) is 22.9 Å². The van der Waals surface area contributed by atoms with Gasteiger partial charge in [-0.2, -0.15) is 16.4 Å². The van der Waals surface area contributed by atoms with Crippen LogP contribution in [-0.4, -0.2) is 20.9 Å². The highest BCUT2D eigenvalue weighted by molar-refractivity contribution is 7.08. The molecule has 78 valence electrons. The zero-order valence-corrected chi connectivity index (χ0v) is 8.57. The van der Waals surface area contributed by atoms with Crippen molar-refractivity contribution < 1.29 is 9.90 Å². The molecule has 2 heterocycles. The molecule has 0 saturated heterocycles. The molecule has 0 unspecified atom stereocenters. The molecule has 15 heavy (non-hydrogen) atoms. The lowest BCUT2D eigenvalue weighted by atomic mass is 10.2. The molecule has 0 radical (unpaired) electrons.